The minimum absolute atomic E-state index is 0.000750. The van der Waals surface area contributed by atoms with Crippen LogP contribution in [-0.4, -0.2) is 94.5 Å². The van der Waals surface area contributed by atoms with Gasteiger partial charge in [-0.2, -0.15) is 0 Å². The molecule has 10 atom stereocenters. The summed E-state index contributed by atoms with van der Waals surface area (Å²) in [6, 6.07) is 0. The molecule has 0 aromatic heterocycles. The number of esters is 5. The van der Waals surface area contributed by atoms with E-state index in [1.165, 1.54) is 41.5 Å². The fraction of sp³-hybridized carbons (Fsp3) is 0.767. The average molecular weight is 611 g/mol. The Hall–Kier alpha value is -3.03. The van der Waals surface area contributed by atoms with Crippen molar-refractivity contribution in [1.29, 1.82) is 0 Å². The van der Waals surface area contributed by atoms with Crippen LogP contribution in [-0.2, 0) is 52.4 Å². The average Bonchev–Trinajstić information content (AvgIpc) is 3.10. The van der Waals surface area contributed by atoms with Gasteiger partial charge in [-0.1, -0.05) is 6.92 Å². The Bertz CT molecular complexity index is 1250. The van der Waals surface area contributed by atoms with Crippen molar-refractivity contribution >= 4 is 29.8 Å². The van der Waals surface area contributed by atoms with E-state index in [1.807, 2.05) is 0 Å². The molecular weight excluding hydrogens is 568 g/mol. The SMILES string of the molecule is CC(=O)O[C@H]1C[C@]2(C(C)(C)O)C(=C1C)[C@@H](O)[C@H](OC(C)=O)[C@@]1(C)C([C@@H]2OC(C)=O)[C@]2(OC(C)=O)CO[C@@H]2C[C@@H]1OC(C)=O. The molecule has 13 nitrogen and oxygen atoms in total. The first kappa shape index (κ1) is 32.9. The Labute approximate surface area is 250 Å². The van der Waals surface area contributed by atoms with Crippen LogP contribution >= 0.6 is 0 Å². The van der Waals surface area contributed by atoms with Crippen LogP contribution < -0.4 is 0 Å². The second kappa shape index (κ2) is 10.8. The second-order valence-electron chi connectivity index (χ2n) is 13.0. The lowest BCUT2D eigenvalue weighted by molar-refractivity contribution is -0.353. The first-order chi connectivity index (χ1) is 19.7. The number of hydrogen-bond acceptors (Lipinski definition) is 13. The van der Waals surface area contributed by atoms with Gasteiger partial charge in [-0.25, -0.2) is 0 Å². The van der Waals surface area contributed by atoms with Crippen molar-refractivity contribution < 1.29 is 62.6 Å². The van der Waals surface area contributed by atoms with Crippen molar-refractivity contribution in [3.63, 3.8) is 0 Å². The summed E-state index contributed by atoms with van der Waals surface area (Å²) in [7, 11) is 0. The molecule has 2 N–H and O–H groups in total. The zero-order valence-electron chi connectivity index (χ0n) is 26.0. The van der Waals surface area contributed by atoms with E-state index in [9.17, 15) is 34.2 Å². The maximum Gasteiger partial charge on any atom is 0.303 e. The first-order valence-electron chi connectivity index (χ1n) is 14.4. The van der Waals surface area contributed by atoms with Crippen molar-refractivity contribution in [2.75, 3.05) is 6.61 Å². The quantitative estimate of drug-likeness (QED) is 0.250. The van der Waals surface area contributed by atoms with Gasteiger partial charge in [0.05, 0.1) is 29.0 Å². The molecule has 3 fully saturated rings. The minimum Gasteiger partial charge on any atom is -0.462 e. The van der Waals surface area contributed by atoms with Gasteiger partial charge >= 0.3 is 29.8 Å². The summed E-state index contributed by atoms with van der Waals surface area (Å²) in [4.78, 5) is 63.0. The standard InChI is InChI=1S/C30H42O13/c1-13-19(39-14(2)31)11-29(27(7,8)37)22(13)23(36)25(41-16(4)33)28(9)20(40-15(3)32)10-21-30(12-38-21,43-18(6)35)24(28)26(29)42-17(5)34/h19-21,23-26,36-37H,10-12H2,1-9H3/t19-,20-,21+,23+,24?,25-,26-,28+,29-,30-/m0/s1. The molecule has 0 bridgehead atoms. The molecule has 0 aromatic carbocycles. The molecule has 1 heterocycles. The normalized spacial score (nSPS) is 40.0. The highest BCUT2D eigenvalue weighted by atomic mass is 16.6. The predicted molar refractivity (Wildman–Crippen MR) is 145 cm³/mol. The molecule has 0 amide bonds. The van der Waals surface area contributed by atoms with Crippen LogP contribution in [0.1, 0.15) is 75.2 Å². The van der Waals surface area contributed by atoms with Gasteiger partial charge in [0.1, 0.15) is 36.6 Å². The molecule has 0 aromatic rings. The van der Waals surface area contributed by atoms with Crippen LogP contribution in [0.4, 0.5) is 0 Å². The van der Waals surface area contributed by atoms with E-state index in [2.05, 4.69) is 0 Å². The largest absolute Gasteiger partial charge is 0.462 e. The number of aliphatic hydroxyl groups is 2. The Balaban J connectivity index is 2.18. The van der Waals surface area contributed by atoms with Crippen LogP contribution in [0.5, 0.6) is 0 Å². The molecule has 3 aliphatic carbocycles. The van der Waals surface area contributed by atoms with Gasteiger partial charge in [0.2, 0.25) is 0 Å². The van der Waals surface area contributed by atoms with E-state index in [0.29, 0.717) is 5.57 Å². The maximum atomic E-state index is 13.0. The molecule has 1 unspecified atom stereocenters. The fourth-order valence-electron chi connectivity index (χ4n) is 8.44. The molecular formula is C30H42O13. The summed E-state index contributed by atoms with van der Waals surface area (Å²) < 4.78 is 35.4. The highest BCUT2D eigenvalue weighted by Gasteiger charge is 2.80. The van der Waals surface area contributed by atoms with Crippen molar-refractivity contribution in [3.05, 3.63) is 11.1 Å². The van der Waals surface area contributed by atoms with Gasteiger partial charge in [-0.3, -0.25) is 24.0 Å². The van der Waals surface area contributed by atoms with Gasteiger partial charge in [0.15, 0.2) is 5.60 Å². The lowest BCUT2D eigenvalue weighted by Crippen LogP contribution is -2.79. The molecule has 1 saturated heterocycles. The second-order valence-corrected chi connectivity index (χ2v) is 13.0. The van der Waals surface area contributed by atoms with Gasteiger partial charge in [0, 0.05) is 47.5 Å². The van der Waals surface area contributed by atoms with E-state index >= 15 is 0 Å². The molecule has 240 valence electrons. The summed E-state index contributed by atoms with van der Waals surface area (Å²) in [5, 5.41) is 24.4. The van der Waals surface area contributed by atoms with Gasteiger partial charge < -0.3 is 38.6 Å². The Morgan fingerprint density at radius 1 is 0.860 bits per heavy atom. The minimum atomic E-state index is -1.79. The van der Waals surface area contributed by atoms with Gasteiger partial charge in [0.25, 0.3) is 0 Å². The third-order valence-corrected chi connectivity index (χ3v) is 9.88. The zero-order valence-corrected chi connectivity index (χ0v) is 26.0. The highest BCUT2D eigenvalue weighted by molar-refractivity contribution is 5.70. The summed E-state index contributed by atoms with van der Waals surface area (Å²) in [6.07, 6.45) is -7.58. The molecule has 13 heteroatoms. The summed E-state index contributed by atoms with van der Waals surface area (Å²) in [5.74, 6) is -4.68. The lowest BCUT2D eigenvalue weighted by atomic mass is 9.49. The molecule has 4 aliphatic rings. The molecule has 0 spiro atoms. The number of carbonyl (C=O) groups is 5. The number of ether oxygens (including phenoxy) is 6. The van der Waals surface area contributed by atoms with Crippen LogP contribution in [0.3, 0.4) is 0 Å². The van der Waals surface area contributed by atoms with E-state index in [4.69, 9.17) is 28.4 Å². The summed E-state index contributed by atoms with van der Waals surface area (Å²) >= 11 is 0. The van der Waals surface area contributed by atoms with E-state index < -0.39 is 94.4 Å². The molecule has 1 aliphatic heterocycles. The van der Waals surface area contributed by atoms with E-state index in [-0.39, 0.29) is 25.0 Å². The molecule has 0 radical (unpaired) electrons. The summed E-state index contributed by atoms with van der Waals surface area (Å²) in [6.45, 7) is 12.0. The van der Waals surface area contributed by atoms with Crippen molar-refractivity contribution in [1.82, 2.24) is 0 Å². The number of fused-ring (bicyclic) bond motifs is 4. The number of hydrogen-bond donors (Lipinski definition) is 2. The first-order valence-corrected chi connectivity index (χ1v) is 14.4. The molecule has 4 rings (SSSR count). The predicted octanol–water partition coefficient (Wildman–Crippen LogP) is 1.29. The molecule has 2 saturated carbocycles. The van der Waals surface area contributed by atoms with Crippen molar-refractivity contribution in [3.8, 4) is 0 Å². The van der Waals surface area contributed by atoms with E-state index in [1.54, 1.807) is 13.8 Å². The number of aliphatic hydroxyl groups excluding tert-OH is 1. The van der Waals surface area contributed by atoms with Crippen LogP contribution in [0.2, 0.25) is 0 Å². The Morgan fingerprint density at radius 2 is 1.40 bits per heavy atom. The van der Waals surface area contributed by atoms with Gasteiger partial charge in [-0.05, 0) is 31.9 Å². The van der Waals surface area contributed by atoms with Crippen LogP contribution in [0.15, 0.2) is 11.1 Å². The monoisotopic (exact) mass is 610 g/mol. The maximum absolute atomic E-state index is 13.0. The number of rotatable bonds is 6. The summed E-state index contributed by atoms with van der Waals surface area (Å²) in [5.41, 5.74) is -6.06. The van der Waals surface area contributed by atoms with Crippen LogP contribution in [0, 0.1) is 16.7 Å². The molecule has 43 heavy (non-hydrogen) atoms. The highest BCUT2D eigenvalue weighted by Crippen LogP contribution is 2.68. The fourth-order valence-corrected chi connectivity index (χ4v) is 8.44. The Morgan fingerprint density at radius 3 is 1.84 bits per heavy atom. The topological polar surface area (TPSA) is 181 Å². The smallest absolute Gasteiger partial charge is 0.303 e. The van der Waals surface area contributed by atoms with Crippen LogP contribution in [0.25, 0.3) is 0 Å². The van der Waals surface area contributed by atoms with Gasteiger partial charge in [-0.15, -0.1) is 0 Å². The zero-order chi connectivity index (χ0) is 32.4. The third kappa shape index (κ3) is 4.93. The van der Waals surface area contributed by atoms with Crippen molar-refractivity contribution in [2.24, 2.45) is 16.7 Å². The van der Waals surface area contributed by atoms with E-state index in [0.717, 1.165) is 6.92 Å². The Kier molecular flexibility index (Phi) is 8.29. The third-order valence-electron chi connectivity index (χ3n) is 9.88. The lowest BCUT2D eigenvalue weighted by Gasteiger charge is -2.65. The van der Waals surface area contributed by atoms with Crippen molar-refractivity contribution in [2.45, 2.75) is 123 Å². The number of carbonyl (C=O) groups excluding carboxylic acids is 5.